The molecule has 0 aliphatic rings. The summed E-state index contributed by atoms with van der Waals surface area (Å²) < 4.78 is 56.3. The third-order valence-corrected chi connectivity index (χ3v) is 5.28. The van der Waals surface area contributed by atoms with Crippen molar-refractivity contribution in [2.24, 2.45) is 0 Å². The summed E-state index contributed by atoms with van der Waals surface area (Å²) >= 11 is 6.46. The topological polar surface area (TPSA) is 84.5 Å². The Bertz CT molecular complexity index is 987. The predicted octanol–water partition coefficient (Wildman–Crippen LogP) is 4.74. The minimum atomic E-state index is -4.69. The molecule has 0 saturated carbocycles. The summed E-state index contributed by atoms with van der Waals surface area (Å²) in [6, 6.07) is 7.96. The number of thioether (sulfide) groups is 1. The number of ether oxygens (including phenoxy) is 1. The molecule has 172 valence electrons. The molecule has 0 bridgehead atoms. The quantitative estimate of drug-likeness (QED) is 0.411. The van der Waals surface area contributed by atoms with E-state index in [0.717, 1.165) is 17.8 Å². The standard InChI is InChI=1S/C20H17ClF4N2O4S/c1-11(32-10-18(29)26-13-4-2-12(22)3-5-13)19(30)31-9-17(28)27-14-6-7-16(21)15(8-14)20(23,24)25/h2-8,11H,9-10H2,1H3,(H,26,29)(H,27,28)/t11-/m0/s1. The lowest BCUT2D eigenvalue weighted by atomic mass is 10.2. The first-order chi connectivity index (χ1) is 15.0. The molecule has 2 N–H and O–H groups in total. The van der Waals surface area contributed by atoms with E-state index in [1.165, 1.54) is 37.3 Å². The highest BCUT2D eigenvalue weighted by Gasteiger charge is 2.33. The number of halogens is 5. The molecule has 0 radical (unpaired) electrons. The highest BCUT2D eigenvalue weighted by molar-refractivity contribution is 8.01. The second-order valence-corrected chi connectivity index (χ2v) is 8.09. The zero-order chi connectivity index (χ0) is 23.9. The van der Waals surface area contributed by atoms with E-state index in [0.29, 0.717) is 11.8 Å². The van der Waals surface area contributed by atoms with E-state index >= 15 is 0 Å². The summed E-state index contributed by atoms with van der Waals surface area (Å²) in [5.74, 6) is -2.62. The number of hydrogen-bond donors (Lipinski definition) is 2. The largest absolute Gasteiger partial charge is 0.455 e. The van der Waals surface area contributed by atoms with Crippen molar-refractivity contribution >= 4 is 52.5 Å². The van der Waals surface area contributed by atoms with Gasteiger partial charge < -0.3 is 15.4 Å². The van der Waals surface area contributed by atoms with E-state index in [4.69, 9.17) is 16.3 Å². The number of nitrogens with one attached hydrogen (secondary N) is 2. The van der Waals surface area contributed by atoms with Crippen molar-refractivity contribution < 1.29 is 36.7 Å². The fraction of sp³-hybridized carbons (Fsp3) is 0.250. The Morgan fingerprint density at radius 1 is 1.03 bits per heavy atom. The van der Waals surface area contributed by atoms with E-state index in [-0.39, 0.29) is 11.4 Å². The molecule has 0 saturated heterocycles. The summed E-state index contributed by atoms with van der Waals surface area (Å²) in [6.45, 7) is 0.736. The van der Waals surface area contributed by atoms with Crippen LogP contribution >= 0.6 is 23.4 Å². The van der Waals surface area contributed by atoms with Crippen LogP contribution in [0.2, 0.25) is 5.02 Å². The minimum Gasteiger partial charge on any atom is -0.455 e. The van der Waals surface area contributed by atoms with Crippen LogP contribution < -0.4 is 10.6 Å². The Balaban J connectivity index is 1.77. The number of amides is 2. The SMILES string of the molecule is C[C@H](SCC(=O)Nc1ccc(F)cc1)C(=O)OCC(=O)Nc1ccc(Cl)c(C(F)(F)F)c1. The van der Waals surface area contributed by atoms with Gasteiger partial charge in [-0.1, -0.05) is 11.6 Å². The van der Waals surface area contributed by atoms with Crippen LogP contribution in [0.4, 0.5) is 28.9 Å². The monoisotopic (exact) mass is 492 g/mol. The molecule has 32 heavy (non-hydrogen) atoms. The van der Waals surface area contributed by atoms with E-state index in [9.17, 15) is 31.9 Å². The van der Waals surface area contributed by atoms with Gasteiger partial charge in [-0.15, -0.1) is 11.8 Å². The number of hydrogen-bond acceptors (Lipinski definition) is 5. The Hall–Kier alpha value is -2.79. The van der Waals surface area contributed by atoms with Crippen LogP contribution in [-0.4, -0.2) is 35.4 Å². The number of carbonyl (C=O) groups excluding carboxylic acids is 3. The van der Waals surface area contributed by atoms with Gasteiger partial charge in [0.15, 0.2) is 6.61 Å². The van der Waals surface area contributed by atoms with Gasteiger partial charge in [0.05, 0.1) is 16.3 Å². The molecule has 0 heterocycles. The van der Waals surface area contributed by atoms with Crippen LogP contribution in [-0.2, 0) is 25.3 Å². The maximum Gasteiger partial charge on any atom is 0.417 e. The average Bonchev–Trinajstić information content (AvgIpc) is 2.72. The van der Waals surface area contributed by atoms with E-state index in [1.54, 1.807) is 0 Å². The van der Waals surface area contributed by atoms with Gasteiger partial charge in [0.2, 0.25) is 5.91 Å². The Morgan fingerprint density at radius 3 is 2.25 bits per heavy atom. The van der Waals surface area contributed by atoms with Crippen LogP contribution in [0.5, 0.6) is 0 Å². The zero-order valence-electron chi connectivity index (χ0n) is 16.5. The smallest absolute Gasteiger partial charge is 0.417 e. The summed E-state index contributed by atoms with van der Waals surface area (Å²) in [7, 11) is 0. The van der Waals surface area contributed by atoms with E-state index in [2.05, 4.69) is 10.6 Å². The zero-order valence-corrected chi connectivity index (χ0v) is 18.0. The summed E-state index contributed by atoms with van der Waals surface area (Å²) in [5, 5.41) is 3.40. The number of alkyl halides is 3. The summed E-state index contributed by atoms with van der Waals surface area (Å²) in [5.41, 5.74) is -0.889. The molecule has 2 rings (SSSR count). The molecular formula is C20H17ClF4N2O4S. The van der Waals surface area contributed by atoms with Gasteiger partial charge in [-0.2, -0.15) is 13.2 Å². The first-order valence-electron chi connectivity index (χ1n) is 8.96. The molecule has 0 spiro atoms. The fourth-order valence-corrected chi connectivity index (χ4v) is 3.17. The van der Waals surface area contributed by atoms with Crippen molar-refractivity contribution in [1.82, 2.24) is 0 Å². The van der Waals surface area contributed by atoms with Gasteiger partial charge >= 0.3 is 12.1 Å². The molecule has 2 aromatic carbocycles. The van der Waals surface area contributed by atoms with Gasteiger partial charge in [-0.3, -0.25) is 14.4 Å². The summed E-state index contributed by atoms with van der Waals surface area (Å²) in [4.78, 5) is 35.7. The Labute approximate surface area is 189 Å². The number of rotatable bonds is 8. The number of carbonyl (C=O) groups is 3. The molecule has 2 aromatic rings. The van der Waals surface area contributed by atoms with Gasteiger partial charge in [0, 0.05) is 11.4 Å². The molecule has 0 aromatic heterocycles. The summed E-state index contributed by atoms with van der Waals surface area (Å²) in [6.07, 6.45) is -4.69. The van der Waals surface area contributed by atoms with Crippen LogP contribution in [0.25, 0.3) is 0 Å². The number of esters is 1. The van der Waals surface area contributed by atoms with Crippen LogP contribution in [0.3, 0.4) is 0 Å². The highest BCUT2D eigenvalue weighted by Crippen LogP contribution is 2.36. The molecule has 0 fully saturated rings. The minimum absolute atomic E-state index is 0.106. The molecular weight excluding hydrogens is 476 g/mol. The molecule has 1 atom stereocenters. The lowest BCUT2D eigenvalue weighted by molar-refractivity contribution is -0.146. The van der Waals surface area contributed by atoms with Crippen molar-refractivity contribution in [3.63, 3.8) is 0 Å². The molecule has 12 heteroatoms. The third-order valence-electron chi connectivity index (χ3n) is 3.83. The highest BCUT2D eigenvalue weighted by atomic mass is 35.5. The van der Waals surface area contributed by atoms with Gasteiger partial charge in [-0.05, 0) is 49.4 Å². The van der Waals surface area contributed by atoms with Crippen molar-refractivity contribution in [2.75, 3.05) is 23.0 Å². The molecule has 0 unspecified atom stereocenters. The Morgan fingerprint density at radius 2 is 1.62 bits per heavy atom. The fourth-order valence-electron chi connectivity index (χ4n) is 2.27. The van der Waals surface area contributed by atoms with Gasteiger partial charge in [-0.25, -0.2) is 4.39 Å². The maximum atomic E-state index is 12.9. The maximum absolute atomic E-state index is 12.9. The van der Waals surface area contributed by atoms with Gasteiger partial charge in [0.1, 0.15) is 11.1 Å². The van der Waals surface area contributed by atoms with Crippen molar-refractivity contribution in [2.45, 2.75) is 18.3 Å². The number of anilines is 2. The second-order valence-electron chi connectivity index (χ2n) is 6.36. The lowest BCUT2D eigenvalue weighted by Crippen LogP contribution is -2.26. The first-order valence-corrected chi connectivity index (χ1v) is 10.4. The van der Waals surface area contributed by atoms with Crippen LogP contribution in [0.15, 0.2) is 42.5 Å². The normalized spacial score (nSPS) is 12.1. The van der Waals surface area contributed by atoms with E-state index < -0.39 is 52.2 Å². The van der Waals surface area contributed by atoms with Crippen LogP contribution in [0.1, 0.15) is 12.5 Å². The lowest BCUT2D eigenvalue weighted by Gasteiger charge is -2.13. The van der Waals surface area contributed by atoms with Crippen LogP contribution in [0, 0.1) is 5.82 Å². The van der Waals surface area contributed by atoms with Crippen molar-refractivity contribution in [1.29, 1.82) is 0 Å². The number of benzene rings is 2. The molecule has 6 nitrogen and oxygen atoms in total. The van der Waals surface area contributed by atoms with Crippen molar-refractivity contribution in [3.05, 3.63) is 58.9 Å². The molecule has 2 amide bonds. The Kier molecular flexibility index (Phi) is 8.90. The molecule has 0 aliphatic carbocycles. The van der Waals surface area contributed by atoms with E-state index in [1.807, 2.05) is 0 Å². The van der Waals surface area contributed by atoms with Crippen molar-refractivity contribution in [3.8, 4) is 0 Å². The van der Waals surface area contributed by atoms with Gasteiger partial charge in [0.25, 0.3) is 5.91 Å². The molecule has 0 aliphatic heterocycles. The average molecular weight is 493 g/mol. The first kappa shape index (κ1) is 25.5. The predicted molar refractivity (Wildman–Crippen MR) is 113 cm³/mol. The third kappa shape index (κ3) is 8.04. The second kappa shape index (κ2) is 11.2.